The summed E-state index contributed by atoms with van der Waals surface area (Å²) in [5.74, 6) is 1.54. The second-order valence-electron chi connectivity index (χ2n) is 13.4. The molecule has 0 aromatic heterocycles. The number of hydrogen-bond acceptors (Lipinski definition) is 0. The summed E-state index contributed by atoms with van der Waals surface area (Å²) < 4.78 is 1.42. The Labute approximate surface area is 311 Å². The monoisotopic (exact) mass is 737 g/mol. The molecule has 3 heteroatoms. The van der Waals surface area contributed by atoms with E-state index < -0.39 is 0 Å². The predicted octanol–water partition coefficient (Wildman–Crippen LogP) is 6.36. The van der Waals surface area contributed by atoms with Gasteiger partial charge in [0.1, 0.15) is 0 Å². The zero-order chi connectivity index (χ0) is 32.2. The Morgan fingerprint density at radius 3 is 1.74 bits per heavy atom. The molecule has 0 N–H and O–H groups in total. The van der Waals surface area contributed by atoms with E-state index in [0.29, 0.717) is 17.8 Å². The van der Waals surface area contributed by atoms with E-state index in [1.807, 2.05) is 0 Å². The molecule has 0 heterocycles. The van der Waals surface area contributed by atoms with Crippen LogP contribution in [0.1, 0.15) is 124 Å². The quantitative estimate of drug-likeness (QED) is 0.163. The van der Waals surface area contributed by atoms with Gasteiger partial charge in [0.25, 0.3) is 0 Å². The van der Waals surface area contributed by atoms with Crippen molar-refractivity contribution in [1.82, 2.24) is 0 Å². The molecule has 0 saturated heterocycles. The summed E-state index contributed by atoms with van der Waals surface area (Å²) in [6.45, 7) is 18.9. The Balaban J connectivity index is 0.000000316. The van der Waals surface area contributed by atoms with Crippen molar-refractivity contribution in [3.63, 3.8) is 0 Å². The number of hydrogen-bond donors (Lipinski definition) is 0. The van der Waals surface area contributed by atoms with E-state index in [9.17, 15) is 0 Å². The number of rotatable bonds is 8. The van der Waals surface area contributed by atoms with Crippen molar-refractivity contribution in [3.8, 4) is 0 Å². The molecule has 0 saturated carbocycles. The minimum atomic E-state index is 0. The summed E-state index contributed by atoms with van der Waals surface area (Å²) in [5.41, 5.74) is 13.5. The zero-order valence-electron chi connectivity index (χ0n) is 29.3. The summed E-state index contributed by atoms with van der Waals surface area (Å²) in [4.78, 5) is 0. The van der Waals surface area contributed by atoms with E-state index in [-0.39, 0.29) is 24.8 Å². The van der Waals surface area contributed by atoms with Gasteiger partial charge in [-0.3, -0.25) is 0 Å². The number of benzene rings is 4. The van der Waals surface area contributed by atoms with Crippen molar-refractivity contribution in [3.05, 3.63) is 142 Å². The Morgan fingerprint density at radius 2 is 1.30 bits per heavy atom. The fourth-order valence-electron chi connectivity index (χ4n) is 7.25. The van der Waals surface area contributed by atoms with Gasteiger partial charge in [0.2, 0.25) is 0 Å². The second kappa shape index (κ2) is 17.3. The average molecular weight is 740 g/mol. The van der Waals surface area contributed by atoms with Crippen molar-refractivity contribution >= 4 is 30.3 Å². The van der Waals surface area contributed by atoms with Gasteiger partial charge in [0, 0.05) is 0 Å². The van der Waals surface area contributed by atoms with Gasteiger partial charge in [0.15, 0.2) is 0 Å². The number of aryl methyl sites for hydroxylation is 1. The van der Waals surface area contributed by atoms with E-state index in [1.165, 1.54) is 77.0 Å². The van der Waals surface area contributed by atoms with Gasteiger partial charge in [-0.1, -0.05) is 119 Å². The first kappa shape index (κ1) is 39.0. The molecule has 244 valence electrons. The standard InChI is InChI=1S/C31H39.C13H10.2ClH.Zr/c1-9-21-15-23-17-26-29(22-13-11-12-14-22)24(10-2)27(19(5)6)28(20(7)8)31(26)30(23)25(16-21)18(3)4;1-3-7-12(8-4-1)11-13-9-5-2-6-10-13;;;/h11-13,15-20H,9-10,14H2,1-8H3;1-10H;2*1H;/q-1;;;;+2/p-2. The van der Waals surface area contributed by atoms with E-state index >= 15 is 0 Å². The second-order valence-corrected chi connectivity index (χ2v) is 14.6. The molecule has 0 aliphatic heterocycles. The van der Waals surface area contributed by atoms with Crippen LogP contribution in [0.15, 0.2) is 97.1 Å². The summed E-state index contributed by atoms with van der Waals surface area (Å²) in [6.07, 6.45) is 10.1. The first-order valence-corrected chi connectivity index (χ1v) is 18.2. The molecule has 1 aliphatic carbocycles. The average Bonchev–Trinajstić information content (AvgIpc) is 3.72. The molecule has 0 atom stereocenters. The Hall–Kier alpha value is -2.44. The molecule has 0 fully saturated rings. The van der Waals surface area contributed by atoms with Crippen LogP contribution in [-0.4, -0.2) is 3.21 Å². The first-order chi connectivity index (χ1) is 21.7. The molecule has 0 spiro atoms. The molecule has 5 aromatic carbocycles. The Bertz CT molecular complexity index is 1830. The fraction of sp³-hybridized carbons (Fsp3) is 0.318. The molecule has 47 heavy (non-hydrogen) atoms. The molecule has 0 nitrogen and oxygen atoms in total. The van der Waals surface area contributed by atoms with Gasteiger partial charge in [0.05, 0.1) is 0 Å². The number of halogens is 2. The van der Waals surface area contributed by atoms with Crippen LogP contribution < -0.4 is 24.8 Å². The Morgan fingerprint density at radius 1 is 0.723 bits per heavy atom. The van der Waals surface area contributed by atoms with Crippen molar-refractivity contribution in [2.45, 2.75) is 92.4 Å². The molecule has 0 unspecified atom stereocenters. The minimum absolute atomic E-state index is 0. The van der Waals surface area contributed by atoms with Crippen molar-refractivity contribution in [1.29, 1.82) is 0 Å². The van der Waals surface area contributed by atoms with Gasteiger partial charge >= 0.3 is 99.2 Å². The molecule has 0 radical (unpaired) electrons. The molecular weight excluding hydrogens is 691 g/mol. The molecule has 0 amide bonds. The topological polar surface area (TPSA) is 0 Å². The van der Waals surface area contributed by atoms with Crippen molar-refractivity contribution in [2.24, 2.45) is 0 Å². The summed E-state index contributed by atoms with van der Waals surface area (Å²) >= 11 is 1.46. The van der Waals surface area contributed by atoms with E-state index in [2.05, 4.69) is 152 Å². The summed E-state index contributed by atoms with van der Waals surface area (Å²) in [6, 6.07) is 28.6. The summed E-state index contributed by atoms with van der Waals surface area (Å²) in [5, 5.41) is 5.99. The third-order valence-electron chi connectivity index (χ3n) is 9.29. The van der Waals surface area contributed by atoms with Crippen LogP contribution in [-0.2, 0) is 37.1 Å². The van der Waals surface area contributed by atoms with Gasteiger partial charge in [-0.05, 0) is 37.0 Å². The maximum absolute atomic E-state index is 2.53. The molecule has 1 aliphatic rings. The first-order valence-electron chi connectivity index (χ1n) is 17.0. The van der Waals surface area contributed by atoms with Crippen LogP contribution in [0, 0.1) is 0 Å². The fourth-order valence-corrected chi connectivity index (χ4v) is 8.07. The predicted molar refractivity (Wildman–Crippen MR) is 196 cm³/mol. The van der Waals surface area contributed by atoms with Crippen LogP contribution in [0.5, 0.6) is 0 Å². The van der Waals surface area contributed by atoms with Crippen LogP contribution in [0.3, 0.4) is 0 Å². The van der Waals surface area contributed by atoms with Gasteiger partial charge in [-0.15, -0.1) is 33.7 Å². The molecule has 0 bridgehead atoms. The SMILES string of the molecule is CCc1cc(C(C)C)c2c(c1)[cH-]c1c(C3=CC=CC3)c(CC)c(C(C)C)c(C(C)C)c12.[Cl-].[Cl-].[Zr+2]=[C](c1ccccc1)c1ccccc1. The van der Waals surface area contributed by atoms with E-state index in [4.69, 9.17) is 0 Å². The summed E-state index contributed by atoms with van der Waals surface area (Å²) in [7, 11) is 0. The van der Waals surface area contributed by atoms with E-state index in [1.54, 1.807) is 22.1 Å². The normalized spacial score (nSPS) is 12.3. The Kier molecular flexibility index (Phi) is 14.3. The van der Waals surface area contributed by atoms with Gasteiger partial charge < -0.3 is 24.8 Å². The third kappa shape index (κ3) is 8.07. The molecular formula is C44H49Cl2Zr-. The van der Waals surface area contributed by atoms with Gasteiger partial charge in [-0.2, -0.15) is 0 Å². The van der Waals surface area contributed by atoms with E-state index in [0.717, 1.165) is 19.3 Å². The van der Waals surface area contributed by atoms with Crippen molar-refractivity contribution < 1.29 is 49.0 Å². The third-order valence-corrected chi connectivity index (χ3v) is 10.7. The van der Waals surface area contributed by atoms with Crippen molar-refractivity contribution in [2.75, 3.05) is 0 Å². The van der Waals surface area contributed by atoms with Gasteiger partial charge in [-0.25, -0.2) is 0 Å². The zero-order valence-corrected chi connectivity index (χ0v) is 33.3. The molecule has 6 rings (SSSR count). The number of fused-ring (bicyclic) bond motifs is 3. The van der Waals surface area contributed by atoms with Crippen LogP contribution in [0.2, 0.25) is 0 Å². The van der Waals surface area contributed by atoms with Crippen LogP contribution >= 0.6 is 0 Å². The molecule has 5 aromatic rings. The van der Waals surface area contributed by atoms with Crippen LogP contribution in [0.25, 0.3) is 27.1 Å². The van der Waals surface area contributed by atoms with Crippen LogP contribution in [0.4, 0.5) is 0 Å². The number of allylic oxidation sites excluding steroid dienone is 4. The maximum atomic E-state index is 2.53.